The minimum Gasteiger partial charge on any atom is -0.508 e. The number of amides is 1. The molecule has 3 heterocycles. The second-order valence-corrected chi connectivity index (χ2v) is 9.67. The van der Waals surface area contributed by atoms with Crippen molar-refractivity contribution in [2.45, 2.75) is 51.7 Å². The molecule has 192 valence electrons. The summed E-state index contributed by atoms with van der Waals surface area (Å²) >= 11 is 0. The molecule has 0 saturated carbocycles. The molecule has 2 atom stereocenters. The van der Waals surface area contributed by atoms with Gasteiger partial charge in [-0.05, 0) is 41.0 Å². The Balaban J connectivity index is 1.81. The number of phenolic OH excluding ortho intramolecular Hbond substituents is 1. The lowest BCUT2D eigenvalue weighted by Gasteiger charge is -2.25. The number of nitrogens with two attached hydrogens (primary N) is 1. The molecule has 2 aromatic heterocycles. The monoisotopic (exact) mass is 507 g/mol. The van der Waals surface area contributed by atoms with Gasteiger partial charge in [0.05, 0.1) is 11.5 Å². The number of aliphatic hydroxyl groups is 1. The van der Waals surface area contributed by atoms with Gasteiger partial charge in [0.25, 0.3) is 0 Å². The van der Waals surface area contributed by atoms with Gasteiger partial charge < -0.3 is 20.8 Å². The Morgan fingerprint density at radius 3 is 2.68 bits per heavy atom. The maximum atomic E-state index is 16.3. The Kier molecular flexibility index (Phi) is 6.15. The molecule has 8 nitrogen and oxygen atoms in total. The number of aromatic hydroxyl groups is 1. The predicted octanol–water partition coefficient (Wildman–Crippen LogP) is 3.94. The number of aryl methyl sites for hydroxylation is 1. The lowest BCUT2D eigenvalue weighted by atomic mass is 9.94. The smallest absolute Gasteiger partial charge is 0.240 e. The van der Waals surface area contributed by atoms with Gasteiger partial charge >= 0.3 is 0 Å². The number of nitrogens with zero attached hydrogens (tertiary/aromatic N) is 4. The zero-order chi connectivity index (χ0) is 26.6. The number of primary amides is 1. The summed E-state index contributed by atoms with van der Waals surface area (Å²) in [5.41, 5.74) is 6.08. The summed E-state index contributed by atoms with van der Waals surface area (Å²) in [7, 11) is 0. The van der Waals surface area contributed by atoms with E-state index in [-0.39, 0.29) is 52.6 Å². The number of carbonyl (C=O) groups is 1. The van der Waals surface area contributed by atoms with Crippen molar-refractivity contribution >= 4 is 33.4 Å². The van der Waals surface area contributed by atoms with Crippen LogP contribution < -0.4 is 10.6 Å². The molecule has 4 N–H and O–H groups in total. The Morgan fingerprint density at radius 1 is 1.24 bits per heavy atom. The lowest BCUT2D eigenvalue weighted by molar-refractivity contribution is -0.119. The number of anilines is 1. The number of pyridine rings is 1. The van der Waals surface area contributed by atoms with E-state index in [9.17, 15) is 19.4 Å². The van der Waals surface area contributed by atoms with Gasteiger partial charge in [-0.25, -0.2) is 18.7 Å². The first kappa shape index (κ1) is 24.8. The molecule has 37 heavy (non-hydrogen) atoms. The Bertz CT molecular complexity index is 1560. The van der Waals surface area contributed by atoms with Gasteiger partial charge in [-0.2, -0.15) is 0 Å². The number of fused-ring (bicyclic) bond motifs is 2. The fourth-order valence-corrected chi connectivity index (χ4v) is 5.07. The quantitative estimate of drug-likeness (QED) is 0.374. The molecule has 1 fully saturated rings. The van der Waals surface area contributed by atoms with Crippen molar-refractivity contribution in [2.75, 3.05) is 11.4 Å². The Morgan fingerprint density at radius 2 is 2.00 bits per heavy atom. The summed E-state index contributed by atoms with van der Waals surface area (Å²) in [6.07, 6.45) is 1.08. The van der Waals surface area contributed by atoms with Crippen molar-refractivity contribution in [3.8, 4) is 17.0 Å². The molecule has 0 radical (unpaired) electrons. The average molecular weight is 508 g/mol. The standard InChI is InChI=1S/C27H27F2N5O3/c1-4-16-19(28)6-5-13-7-14(35)8-17(21(13)16)23-22(29)24-18(10-31-23)27(33-26(32-24)12(2)3)34-11-15(36)9-20(34)25(30)37/h5-8,10,12,15,20,35-36H,4,9,11H2,1-3H3,(H2,30,37)/t15-,20+/m1/s1. The summed E-state index contributed by atoms with van der Waals surface area (Å²) in [5, 5.41) is 21.9. The van der Waals surface area contributed by atoms with Crippen LogP contribution in [0, 0.1) is 11.6 Å². The van der Waals surface area contributed by atoms with Gasteiger partial charge in [0, 0.05) is 30.6 Å². The third-order valence-corrected chi connectivity index (χ3v) is 6.84. The van der Waals surface area contributed by atoms with E-state index in [2.05, 4.69) is 15.0 Å². The minimum atomic E-state index is -0.819. The van der Waals surface area contributed by atoms with Gasteiger partial charge in [-0.1, -0.05) is 26.8 Å². The van der Waals surface area contributed by atoms with Gasteiger partial charge in [0.1, 0.15) is 40.5 Å². The number of carbonyl (C=O) groups excluding carboxylic acids is 1. The first-order valence-corrected chi connectivity index (χ1v) is 12.1. The fraction of sp³-hybridized carbons (Fsp3) is 0.333. The van der Waals surface area contributed by atoms with Crippen LogP contribution in [0.15, 0.2) is 30.5 Å². The van der Waals surface area contributed by atoms with E-state index in [1.165, 1.54) is 30.5 Å². The zero-order valence-corrected chi connectivity index (χ0v) is 20.7. The van der Waals surface area contributed by atoms with Crippen LogP contribution in [0.2, 0.25) is 0 Å². The molecule has 5 rings (SSSR count). The molecule has 0 aliphatic carbocycles. The van der Waals surface area contributed by atoms with Crippen LogP contribution in [-0.2, 0) is 11.2 Å². The predicted molar refractivity (Wildman–Crippen MR) is 136 cm³/mol. The molecule has 2 aromatic carbocycles. The number of phenols is 1. The molecule has 4 aromatic rings. The maximum absolute atomic E-state index is 16.3. The van der Waals surface area contributed by atoms with E-state index in [1.807, 2.05) is 13.8 Å². The van der Waals surface area contributed by atoms with Crippen molar-refractivity contribution in [1.29, 1.82) is 0 Å². The highest BCUT2D eigenvalue weighted by molar-refractivity contribution is 6.02. The minimum absolute atomic E-state index is 0.0331. The fourth-order valence-electron chi connectivity index (χ4n) is 5.07. The highest BCUT2D eigenvalue weighted by atomic mass is 19.1. The van der Waals surface area contributed by atoms with Crippen LogP contribution >= 0.6 is 0 Å². The largest absolute Gasteiger partial charge is 0.508 e. The van der Waals surface area contributed by atoms with Gasteiger partial charge in [0.15, 0.2) is 5.82 Å². The summed E-state index contributed by atoms with van der Waals surface area (Å²) in [6.45, 7) is 5.60. The molecule has 1 aliphatic rings. The molecule has 0 bridgehead atoms. The van der Waals surface area contributed by atoms with E-state index in [0.717, 1.165) is 0 Å². The Labute approximate surface area is 211 Å². The van der Waals surface area contributed by atoms with Crippen molar-refractivity contribution in [3.63, 3.8) is 0 Å². The number of hydrogen-bond acceptors (Lipinski definition) is 7. The van der Waals surface area contributed by atoms with Crippen molar-refractivity contribution in [2.24, 2.45) is 5.73 Å². The van der Waals surface area contributed by atoms with E-state index in [0.29, 0.717) is 28.6 Å². The Hall–Kier alpha value is -3.92. The highest BCUT2D eigenvalue weighted by Crippen LogP contribution is 2.39. The molecule has 10 heteroatoms. The van der Waals surface area contributed by atoms with Crippen molar-refractivity contribution < 1.29 is 23.8 Å². The summed E-state index contributed by atoms with van der Waals surface area (Å²) in [6, 6.07) is 4.90. The number of rotatable bonds is 5. The van der Waals surface area contributed by atoms with Crippen LogP contribution in [-0.4, -0.2) is 49.8 Å². The third kappa shape index (κ3) is 4.11. The molecule has 0 unspecified atom stereocenters. The normalized spacial score (nSPS) is 17.9. The first-order chi connectivity index (χ1) is 17.6. The number of aliphatic hydroxyl groups excluding tert-OH is 1. The number of halogens is 2. The molecule has 1 saturated heterocycles. The topological polar surface area (TPSA) is 125 Å². The molecular weight excluding hydrogens is 480 g/mol. The molecule has 1 aliphatic heterocycles. The second kappa shape index (κ2) is 9.19. The molecule has 0 spiro atoms. The van der Waals surface area contributed by atoms with Crippen molar-refractivity contribution in [3.05, 3.63) is 53.5 Å². The SMILES string of the molecule is CCc1c(F)ccc2cc(O)cc(-c3ncc4c(N5C[C@H](O)C[C@H]5C(N)=O)nc(C(C)C)nc4c3F)c12. The number of aromatic nitrogens is 3. The van der Waals surface area contributed by atoms with E-state index >= 15 is 4.39 Å². The zero-order valence-electron chi connectivity index (χ0n) is 20.7. The van der Waals surface area contributed by atoms with E-state index < -0.39 is 29.7 Å². The number of benzene rings is 2. The number of β-amino-alcohol motifs (C(OH)–C–C–N with tert-alkyl or cyclic N) is 1. The van der Waals surface area contributed by atoms with Crippen LogP contribution in [0.3, 0.4) is 0 Å². The highest BCUT2D eigenvalue weighted by Gasteiger charge is 2.37. The molecular formula is C27H27F2N5O3. The second-order valence-electron chi connectivity index (χ2n) is 9.67. The van der Waals surface area contributed by atoms with Crippen LogP contribution in [0.5, 0.6) is 5.75 Å². The van der Waals surface area contributed by atoms with Crippen molar-refractivity contribution in [1.82, 2.24) is 15.0 Å². The average Bonchev–Trinajstić information content (AvgIpc) is 3.25. The van der Waals surface area contributed by atoms with Crippen LogP contribution in [0.4, 0.5) is 14.6 Å². The van der Waals surface area contributed by atoms with E-state index in [1.54, 1.807) is 11.8 Å². The van der Waals surface area contributed by atoms with Gasteiger partial charge in [-0.3, -0.25) is 9.78 Å². The summed E-state index contributed by atoms with van der Waals surface area (Å²) < 4.78 is 31.0. The molecule has 1 amide bonds. The first-order valence-electron chi connectivity index (χ1n) is 12.1. The number of hydrogen-bond donors (Lipinski definition) is 3. The summed E-state index contributed by atoms with van der Waals surface area (Å²) in [4.78, 5) is 27.1. The lowest BCUT2D eigenvalue weighted by Crippen LogP contribution is -2.41. The van der Waals surface area contributed by atoms with Gasteiger partial charge in [0.2, 0.25) is 5.91 Å². The van der Waals surface area contributed by atoms with E-state index in [4.69, 9.17) is 5.73 Å². The van der Waals surface area contributed by atoms with Crippen LogP contribution in [0.25, 0.3) is 32.9 Å². The van der Waals surface area contributed by atoms with Gasteiger partial charge in [-0.15, -0.1) is 0 Å². The summed E-state index contributed by atoms with van der Waals surface area (Å²) in [5.74, 6) is -1.52. The van der Waals surface area contributed by atoms with Crippen LogP contribution in [0.1, 0.15) is 44.5 Å². The third-order valence-electron chi connectivity index (χ3n) is 6.84. The maximum Gasteiger partial charge on any atom is 0.240 e.